The first-order chi connectivity index (χ1) is 11.2. The fraction of sp³-hybridized carbons (Fsp3) is 0.200. The molecule has 0 bridgehead atoms. The quantitative estimate of drug-likeness (QED) is 0.822. The van der Waals surface area contributed by atoms with Gasteiger partial charge in [-0.1, -0.05) is 43.0 Å². The van der Waals surface area contributed by atoms with Crippen LogP contribution in [0.4, 0.5) is 5.69 Å². The molecule has 1 aliphatic rings. The lowest BCUT2D eigenvalue weighted by Gasteiger charge is -2.08. The molecule has 0 spiro atoms. The van der Waals surface area contributed by atoms with E-state index in [0.29, 0.717) is 5.92 Å². The molecule has 2 atom stereocenters. The lowest BCUT2D eigenvalue weighted by atomic mass is 10.1. The molecule has 0 unspecified atom stereocenters. The van der Waals surface area contributed by atoms with E-state index in [1.165, 1.54) is 11.8 Å². The molecule has 2 aromatic rings. The molecule has 0 radical (unpaired) electrons. The number of hydrogen-bond acceptors (Lipinski definition) is 2. The summed E-state index contributed by atoms with van der Waals surface area (Å²) in [4.78, 5) is 16.4. The van der Waals surface area contributed by atoms with Gasteiger partial charge in [-0.3, -0.25) is 9.79 Å². The van der Waals surface area contributed by atoms with Gasteiger partial charge in [-0.25, -0.2) is 0 Å². The molecule has 2 aromatic carbocycles. The van der Waals surface area contributed by atoms with E-state index in [1.54, 1.807) is 6.21 Å². The second kappa shape index (κ2) is 6.61. The number of rotatable bonds is 5. The van der Waals surface area contributed by atoms with Crippen molar-refractivity contribution in [2.24, 2.45) is 10.9 Å². The monoisotopic (exact) mass is 304 g/mol. The van der Waals surface area contributed by atoms with Crippen LogP contribution in [0.1, 0.15) is 29.0 Å². The van der Waals surface area contributed by atoms with E-state index < -0.39 is 0 Å². The Morgan fingerprint density at radius 2 is 2.04 bits per heavy atom. The highest BCUT2D eigenvalue weighted by Gasteiger charge is 2.43. The zero-order valence-corrected chi connectivity index (χ0v) is 13.2. The number of nitrogens with zero attached hydrogens (tertiary/aromatic N) is 1. The van der Waals surface area contributed by atoms with E-state index in [9.17, 15) is 4.79 Å². The van der Waals surface area contributed by atoms with Gasteiger partial charge < -0.3 is 5.32 Å². The highest BCUT2D eigenvalue weighted by atomic mass is 16.2. The lowest BCUT2D eigenvalue weighted by Crippen LogP contribution is -2.14. The first kappa shape index (κ1) is 15.2. The maximum atomic E-state index is 12.4. The maximum absolute atomic E-state index is 12.4. The summed E-state index contributed by atoms with van der Waals surface area (Å²) in [7, 11) is 0. The molecule has 1 aliphatic carbocycles. The number of aryl methyl sites for hydroxylation is 1. The highest BCUT2D eigenvalue weighted by Crippen LogP contribution is 2.47. The summed E-state index contributed by atoms with van der Waals surface area (Å²) in [6.45, 7) is 5.57. The summed E-state index contributed by atoms with van der Waals surface area (Å²) in [6.07, 6.45) is 4.20. The first-order valence-corrected chi connectivity index (χ1v) is 7.79. The van der Waals surface area contributed by atoms with Crippen molar-refractivity contribution in [2.75, 3.05) is 5.32 Å². The molecule has 1 saturated carbocycles. The predicted molar refractivity (Wildman–Crippen MR) is 94.9 cm³/mol. The van der Waals surface area contributed by atoms with Crippen molar-refractivity contribution < 1.29 is 4.79 Å². The number of aliphatic imine (C=N–C) groups is 1. The average Bonchev–Trinajstić information content (AvgIpc) is 3.36. The van der Waals surface area contributed by atoms with Gasteiger partial charge in [0.15, 0.2) is 0 Å². The second-order valence-corrected chi connectivity index (χ2v) is 5.88. The van der Waals surface area contributed by atoms with Gasteiger partial charge in [-0.2, -0.15) is 0 Å². The van der Waals surface area contributed by atoms with Crippen LogP contribution in [0.2, 0.25) is 0 Å². The standard InChI is InChI=1S/C20H20N2O/c1-3-21-13-16-9-10-17(11-14(16)2)22-20(23)19-12-18(19)15-7-5-4-6-8-15/h3-11,13,18-19H,1,12H2,2H3,(H,22,23)/t18-,19+/m0/s1. The van der Waals surface area contributed by atoms with Gasteiger partial charge in [-0.15, -0.1) is 0 Å². The van der Waals surface area contributed by atoms with Gasteiger partial charge in [0.1, 0.15) is 0 Å². The summed E-state index contributed by atoms with van der Waals surface area (Å²) in [5.41, 5.74) is 4.18. The Morgan fingerprint density at radius 1 is 1.26 bits per heavy atom. The van der Waals surface area contributed by atoms with Crippen LogP contribution in [0.3, 0.4) is 0 Å². The average molecular weight is 304 g/mol. The topological polar surface area (TPSA) is 41.5 Å². The molecule has 116 valence electrons. The first-order valence-electron chi connectivity index (χ1n) is 7.79. The summed E-state index contributed by atoms with van der Waals surface area (Å²) in [6, 6.07) is 16.1. The number of amides is 1. The number of carbonyl (C=O) groups excluding carboxylic acids is 1. The minimum atomic E-state index is 0.0831. The molecule has 0 heterocycles. The molecule has 0 aliphatic heterocycles. The second-order valence-electron chi connectivity index (χ2n) is 5.88. The molecular formula is C20H20N2O. The van der Waals surface area contributed by atoms with E-state index in [-0.39, 0.29) is 11.8 Å². The number of nitrogens with one attached hydrogen (secondary N) is 1. The Hall–Kier alpha value is -2.68. The van der Waals surface area contributed by atoms with Crippen molar-refractivity contribution in [2.45, 2.75) is 19.3 Å². The van der Waals surface area contributed by atoms with E-state index in [2.05, 4.69) is 29.0 Å². The van der Waals surface area contributed by atoms with Gasteiger partial charge in [0.25, 0.3) is 0 Å². The van der Waals surface area contributed by atoms with Crippen LogP contribution in [0.5, 0.6) is 0 Å². The van der Waals surface area contributed by atoms with Gasteiger partial charge in [-0.05, 0) is 48.1 Å². The number of carbonyl (C=O) groups is 1. The summed E-state index contributed by atoms with van der Waals surface area (Å²) >= 11 is 0. The molecular weight excluding hydrogens is 284 g/mol. The summed E-state index contributed by atoms with van der Waals surface area (Å²) in [5.74, 6) is 0.543. The zero-order valence-electron chi connectivity index (χ0n) is 13.2. The number of benzene rings is 2. The molecule has 1 amide bonds. The zero-order chi connectivity index (χ0) is 16.2. The Labute approximate surface area is 136 Å². The van der Waals surface area contributed by atoms with Crippen LogP contribution >= 0.6 is 0 Å². The highest BCUT2D eigenvalue weighted by molar-refractivity contribution is 5.95. The van der Waals surface area contributed by atoms with Gasteiger partial charge >= 0.3 is 0 Å². The van der Waals surface area contributed by atoms with Crippen molar-refractivity contribution in [3.63, 3.8) is 0 Å². The number of anilines is 1. The van der Waals surface area contributed by atoms with Crippen molar-refractivity contribution in [3.05, 3.63) is 78.0 Å². The fourth-order valence-corrected chi connectivity index (χ4v) is 2.82. The Morgan fingerprint density at radius 3 is 2.74 bits per heavy atom. The van der Waals surface area contributed by atoms with Crippen LogP contribution in [0.15, 0.2) is 66.3 Å². The Kier molecular flexibility index (Phi) is 4.38. The van der Waals surface area contributed by atoms with E-state index in [0.717, 1.165) is 23.2 Å². The van der Waals surface area contributed by atoms with E-state index in [1.807, 2.05) is 43.3 Å². The van der Waals surface area contributed by atoms with E-state index >= 15 is 0 Å². The lowest BCUT2D eigenvalue weighted by molar-refractivity contribution is -0.117. The molecule has 3 heteroatoms. The minimum Gasteiger partial charge on any atom is -0.326 e. The van der Waals surface area contributed by atoms with Crippen molar-refractivity contribution in [3.8, 4) is 0 Å². The number of hydrogen-bond donors (Lipinski definition) is 1. The molecule has 23 heavy (non-hydrogen) atoms. The largest absolute Gasteiger partial charge is 0.326 e. The minimum absolute atomic E-state index is 0.0831. The molecule has 1 fully saturated rings. The van der Waals surface area contributed by atoms with Crippen molar-refractivity contribution in [1.82, 2.24) is 0 Å². The predicted octanol–water partition coefficient (Wildman–Crippen LogP) is 4.30. The third-order valence-electron chi connectivity index (χ3n) is 4.21. The third-order valence-corrected chi connectivity index (χ3v) is 4.21. The van der Waals surface area contributed by atoms with Crippen LogP contribution in [0, 0.1) is 12.8 Å². The van der Waals surface area contributed by atoms with Crippen LogP contribution in [-0.2, 0) is 4.79 Å². The smallest absolute Gasteiger partial charge is 0.228 e. The Bertz CT molecular complexity index is 749. The van der Waals surface area contributed by atoms with Crippen LogP contribution in [-0.4, -0.2) is 12.1 Å². The molecule has 1 N–H and O–H groups in total. The van der Waals surface area contributed by atoms with Gasteiger partial charge in [0.2, 0.25) is 5.91 Å². The molecule has 3 rings (SSSR count). The van der Waals surface area contributed by atoms with E-state index in [4.69, 9.17) is 0 Å². The van der Waals surface area contributed by atoms with Crippen molar-refractivity contribution >= 4 is 17.8 Å². The van der Waals surface area contributed by atoms with Gasteiger partial charge in [0.05, 0.1) is 0 Å². The summed E-state index contributed by atoms with van der Waals surface area (Å²) < 4.78 is 0. The van der Waals surface area contributed by atoms with Crippen molar-refractivity contribution in [1.29, 1.82) is 0 Å². The SMILES string of the molecule is C=CN=Cc1ccc(NC(=O)[C@@H]2C[C@H]2c2ccccc2)cc1C. The van der Waals surface area contributed by atoms with Crippen LogP contribution < -0.4 is 5.32 Å². The third kappa shape index (κ3) is 3.57. The maximum Gasteiger partial charge on any atom is 0.228 e. The molecule has 3 nitrogen and oxygen atoms in total. The molecule has 0 aromatic heterocycles. The van der Waals surface area contributed by atoms with Gasteiger partial charge in [0, 0.05) is 24.0 Å². The molecule has 0 saturated heterocycles. The summed E-state index contributed by atoms with van der Waals surface area (Å²) in [5, 5.41) is 3.02. The fourth-order valence-electron chi connectivity index (χ4n) is 2.82. The Balaban J connectivity index is 1.64. The van der Waals surface area contributed by atoms with Crippen LogP contribution in [0.25, 0.3) is 0 Å². The normalized spacial score (nSPS) is 19.5.